The van der Waals surface area contributed by atoms with Crippen molar-refractivity contribution in [1.82, 2.24) is 9.97 Å². The van der Waals surface area contributed by atoms with Gasteiger partial charge in [-0.2, -0.15) is 0 Å². The summed E-state index contributed by atoms with van der Waals surface area (Å²) in [7, 11) is 1.88. The van der Waals surface area contributed by atoms with Gasteiger partial charge >= 0.3 is 0 Å². The lowest BCUT2D eigenvalue weighted by atomic mass is 10.2. The highest BCUT2D eigenvalue weighted by molar-refractivity contribution is 9.11. The molecule has 1 aromatic carbocycles. The lowest BCUT2D eigenvalue weighted by molar-refractivity contribution is 0.980. The molecule has 1 fully saturated rings. The second-order valence-corrected chi connectivity index (χ2v) is 6.33. The SMILES string of the molecule is CNc1nc(-c2ccc(Br)cc2)nc(C2CC2)c1Br. The molecule has 0 aliphatic heterocycles. The van der Waals surface area contributed by atoms with E-state index in [1.807, 2.05) is 31.3 Å². The predicted molar refractivity (Wildman–Crippen MR) is 84.4 cm³/mol. The number of hydrogen-bond acceptors (Lipinski definition) is 3. The van der Waals surface area contributed by atoms with Gasteiger partial charge in [-0.3, -0.25) is 0 Å². The van der Waals surface area contributed by atoms with Crippen LogP contribution in [0.4, 0.5) is 5.82 Å². The summed E-state index contributed by atoms with van der Waals surface area (Å²) in [5.74, 6) is 2.22. The molecule has 3 rings (SSSR count). The van der Waals surface area contributed by atoms with Crippen molar-refractivity contribution in [2.24, 2.45) is 0 Å². The summed E-state index contributed by atoms with van der Waals surface area (Å²) < 4.78 is 2.06. The van der Waals surface area contributed by atoms with E-state index < -0.39 is 0 Å². The average Bonchev–Trinajstić information content (AvgIpc) is 3.24. The molecule has 1 heterocycles. The molecular formula is C14H13Br2N3. The Morgan fingerprint density at radius 2 is 1.79 bits per heavy atom. The van der Waals surface area contributed by atoms with Crippen LogP contribution in [0.5, 0.6) is 0 Å². The van der Waals surface area contributed by atoms with E-state index in [0.717, 1.165) is 31.8 Å². The molecule has 1 aliphatic rings. The van der Waals surface area contributed by atoms with Gasteiger partial charge in [-0.25, -0.2) is 9.97 Å². The summed E-state index contributed by atoms with van der Waals surface area (Å²) >= 11 is 7.05. The lowest BCUT2D eigenvalue weighted by Gasteiger charge is -2.10. The predicted octanol–water partition coefficient (Wildman–Crippen LogP) is 4.59. The zero-order valence-electron chi connectivity index (χ0n) is 10.5. The molecule has 1 N–H and O–H groups in total. The van der Waals surface area contributed by atoms with Crippen LogP contribution >= 0.6 is 31.9 Å². The molecule has 1 aromatic heterocycles. The Labute approximate surface area is 129 Å². The summed E-state index contributed by atoms with van der Waals surface area (Å²) in [5, 5.41) is 3.13. The van der Waals surface area contributed by atoms with Gasteiger partial charge < -0.3 is 5.32 Å². The maximum Gasteiger partial charge on any atom is 0.161 e. The monoisotopic (exact) mass is 381 g/mol. The van der Waals surface area contributed by atoms with Gasteiger partial charge in [-0.1, -0.05) is 28.1 Å². The molecule has 3 nitrogen and oxygen atoms in total. The van der Waals surface area contributed by atoms with Gasteiger partial charge in [-0.05, 0) is 40.9 Å². The maximum absolute atomic E-state index is 4.73. The van der Waals surface area contributed by atoms with Crippen LogP contribution in [0.15, 0.2) is 33.2 Å². The number of rotatable bonds is 3. The summed E-state index contributed by atoms with van der Waals surface area (Å²) in [6, 6.07) is 8.08. The number of nitrogens with one attached hydrogen (secondary N) is 1. The number of nitrogens with zero attached hydrogens (tertiary/aromatic N) is 2. The van der Waals surface area contributed by atoms with Crippen LogP contribution in [0.3, 0.4) is 0 Å². The highest BCUT2D eigenvalue weighted by Crippen LogP contribution is 2.44. The van der Waals surface area contributed by atoms with Gasteiger partial charge in [0.2, 0.25) is 0 Å². The highest BCUT2D eigenvalue weighted by Gasteiger charge is 2.29. The van der Waals surface area contributed by atoms with Crippen LogP contribution in [-0.4, -0.2) is 17.0 Å². The van der Waals surface area contributed by atoms with Gasteiger partial charge in [0.25, 0.3) is 0 Å². The molecule has 0 radical (unpaired) electrons. The van der Waals surface area contributed by atoms with Gasteiger partial charge in [-0.15, -0.1) is 0 Å². The molecule has 1 saturated carbocycles. The van der Waals surface area contributed by atoms with Gasteiger partial charge in [0, 0.05) is 23.0 Å². The summed E-state index contributed by atoms with van der Waals surface area (Å²) in [4.78, 5) is 9.31. The van der Waals surface area contributed by atoms with Crippen molar-refractivity contribution >= 4 is 37.7 Å². The van der Waals surface area contributed by atoms with Gasteiger partial charge in [0.05, 0.1) is 10.2 Å². The maximum atomic E-state index is 4.73. The summed E-state index contributed by atoms with van der Waals surface area (Å²) in [6.45, 7) is 0. The van der Waals surface area contributed by atoms with Crippen molar-refractivity contribution < 1.29 is 0 Å². The Morgan fingerprint density at radius 1 is 1.11 bits per heavy atom. The fraction of sp³-hybridized carbons (Fsp3) is 0.286. The van der Waals surface area contributed by atoms with E-state index in [0.29, 0.717) is 5.92 Å². The fourth-order valence-corrected chi connectivity index (χ4v) is 2.95. The Hall–Kier alpha value is -0.940. The zero-order valence-corrected chi connectivity index (χ0v) is 13.6. The third-order valence-corrected chi connectivity index (χ3v) is 4.49. The smallest absolute Gasteiger partial charge is 0.161 e. The van der Waals surface area contributed by atoms with E-state index in [1.165, 1.54) is 12.8 Å². The second-order valence-electron chi connectivity index (χ2n) is 4.63. The molecule has 98 valence electrons. The van der Waals surface area contributed by atoms with E-state index >= 15 is 0 Å². The van der Waals surface area contributed by atoms with E-state index in [2.05, 4.69) is 42.2 Å². The van der Waals surface area contributed by atoms with Crippen molar-refractivity contribution in [2.75, 3.05) is 12.4 Å². The van der Waals surface area contributed by atoms with Crippen LogP contribution in [-0.2, 0) is 0 Å². The third-order valence-electron chi connectivity index (χ3n) is 3.18. The highest BCUT2D eigenvalue weighted by atomic mass is 79.9. The third kappa shape index (κ3) is 2.67. The fourth-order valence-electron chi connectivity index (χ4n) is 1.99. The Balaban J connectivity index is 2.10. The molecule has 0 spiro atoms. The topological polar surface area (TPSA) is 37.8 Å². The summed E-state index contributed by atoms with van der Waals surface area (Å²) in [5.41, 5.74) is 2.16. The van der Waals surface area contributed by atoms with Crippen molar-refractivity contribution in [2.45, 2.75) is 18.8 Å². The zero-order chi connectivity index (χ0) is 13.4. The largest absolute Gasteiger partial charge is 0.372 e. The number of anilines is 1. The molecule has 0 atom stereocenters. The molecule has 0 amide bonds. The van der Waals surface area contributed by atoms with E-state index in [9.17, 15) is 0 Å². The van der Waals surface area contributed by atoms with E-state index in [4.69, 9.17) is 4.98 Å². The Bertz CT molecular complexity index is 607. The number of benzene rings is 1. The minimum Gasteiger partial charge on any atom is -0.372 e. The first-order valence-corrected chi connectivity index (χ1v) is 7.78. The van der Waals surface area contributed by atoms with Crippen LogP contribution in [0.1, 0.15) is 24.5 Å². The molecule has 0 unspecified atom stereocenters. The first-order valence-electron chi connectivity index (χ1n) is 6.20. The number of halogens is 2. The second kappa shape index (κ2) is 5.21. The number of hydrogen-bond donors (Lipinski definition) is 1. The van der Waals surface area contributed by atoms with Crippen molar-refractivity contribution in [3.63, 3.8) is 0 Å². The minimum atomic E-state index is 0.582. The van der Waals surface area contributed by atoms with Gasteiger partial charge in [0.15, 0.2) is 5.82 Å². The minimum absolute atomic E-state index is 0.582. The van der Waals surface area contributed by atoms with Crippen LogP contribution in [0.25, 0.3) is 11.4 Å². The van der Waals surface area contributed by atoms with Crippen LogP contribution in [0.2, 0.25) is 0 Å². The molecule has 2 aromatic rings. The standard InChI is InChI=1S/C14H13Br2N3/c1-17-14-11(16)12(8-2-3-8)18-13(19-14)9-4-6-10(15)7-5-9/h4-8H,2-3H2,1H3,(H,17,18,19). The normalized spacial score (nSPS) is 14.5. The quantitative estimate of drug-likeness (QED) is 0.843. The van der Waals surface area contributed by atoms with Crippen molar-refractivity contribution in [3.05, 3.63) is 38.9 Å². The van der Waals surface area contributed by atoms with E-state index in [1.54, 1.807) is 0 Å². The first kappa shape index (κ1) is 13.1. The molecule has 19 heavy (non-hydrogen) atoms. The summed E-state index contributed by atoms with van der Waals surface area (Å²) in [6.07, 6.45) is 2.44. The lowest BCUT2D eigenvalue weighted by Crippen LogP contribution is -2.02. The average molecular weight is 383 g/mol. The Morgan fingerprint density at radius 3 is 2.37 bits per heavy atom. The molecule has 0 saturated heterocycles. The number of aromatic nitrogens is 2. The molecule has 1 aliphatic carbocycles. The van der Waals surface area contributed by atoms with E-state index in [-0.39, 0.29) is 0 Å². The van der Waals surface area contributed by atoms with Gasteiger partial charge in [0.1, 0.15) is 5.82 Å². The van der Waals surface area contributed by atoms with Crippen molar-refractivity contribution in [3.8, 4) is 11.4 Å². The van der Waals surface area contributed by atoms with Crippen molar-refractivity contribution in [1.29, 1.82) is 0 Å². The first-order chi connectivity index (χ1) is 9.19. The van der Waals surface area contributed by atoms with Crippen LogP contribution < -0.4 is 5.32 Å². The molecule has 0 bridgehead atoms. The molecular weight excluding hydrogens is 370 g/mol. The Kier molecular flexibility index (Phi) is 3.58. The molecule has 5 heteroatoms. The van der Waals surface area contributed by atoms with Crippen LogP contribution in [0, 0.1) is 0 Å².